The van der Waals surface area contributed by atoms with E-state index in [-0.39, 0.29) is 36.4 Å². The smallest absolute Gasteiger partial charge is 0.338 e. The summed E-state index contributed by atoms with van der Waals surface area (Å²) in [5.41, 5.74) is 0.918. The topological polar surface area (TPSA) is 123 Å². The summed E-state index contributed by atoms with van der Waals surface area (Å²) in [6.07, 6.45) is 3.99. The Morgan fingerprint density at radius 3 is 2.50 bits per heavy atom. The SMILES string of the molecule is CCOC(=O)c1ccc(S(=O)(=O)N2CCC(C(=O)Nc3ccnc4ccnn34)CC2)cc1. The van der Waals surface area contributed by atoms with Crippen molar-refractivity contribution >= 4 is 33.4 Å². The van der Waals surface area contributed by atoms with Crippen molar-refractivity contribution < 1.29 is 22.7 Å². The van der Waals surface area contributed by atoms with Crippen LogP contribution in [0.15, 0.2) is 53.7 Å². The molecule has 1 saturated heterocycles. The molecule has 4 rings (SSSR count). The van der Waals surface area contributed by atoms with Crippen molar-refractivity contribution in [2.24, 2.45) is 5.92 Å². The third kappa shape index (κ3) is 4.34. The lowest BCUT2D eigenvalue weighted by molar-refractivity contribution is -0.120. The molecule has 0 spiro atoms. The fraction of sp³-hybridized carbons (Fsp3) is 0.333. The number of nitrogens with zero attached hydrogens (tertiary/aromatic N) is 4. The van der Waals surface area contributed by atoms with Gasteiger partial charge in [-0.3, -0.25) is 4.79 Å². The molecule has 0 bridgehead atoms. The van der Waals surface area contributed by atoms with Crippen LogP contribution in [0.4, 0.5) is 5.82 Å². The number of carbonyl (C=O) groups is 2. The van der Waals surface area contributed by atoms with Gasteiger partial charge in [-0.05, 0) is 50.1 Å². The summed E-state index contributed by atoms with van der Waals surface area (Å²) >= 11 is 0. The first-order valence-corrected chi connectivity index (χ1v) is 11.7. The van der Waals surface area contributed by atoms with Gasteiger partial charge in [-0.25, -0.2) is 18.2 Å². The van der Waals surface area contributed by atoms with Crippen molar-refractivity contribution in [3.05, 3.63) is 54.4 Å². The lowest BCUT2D eigenvalue weighted by atomic mass is 9.97. The molecule has 1 fully saturated rings. The molecule has 0 aliphatic carbocycles. The van der Waals surface area contributed by atoms with E-state index in [1.165, 1.54) is 33.1 Å². The van der Waals surface area contributed by atoms with Crippen molar-refractivity contribution in [2.45, 2.75) is 24.7 Å². The molecule has 0 saturated carbocycles. The zero-order valence-electron chi connectivity index (χ0n) is 17.5. The van der Waals surface area contributed by atoms with Crippen LogP contribution in [0.1, 0.15) is 30.1 Å². The molecule has 1 aromatic carbocycles. The van der Waals surface area contributed by atoms with E-state index in [9.17, 15) is 18.0 Å². The number of anilines is 1. The molecule has 2 aromatic heterocycles. The van der Waals surface area contributed by atoms with Gasteiger partial charge in [0.2, 0.25) is 15.9 Å². The maximum atomic E-state index is 13.0. The summed E-state index contributed by atoms with van der Waals surface area (Å²) in [4.78, 5) is 28.8. The zero-order chi connectivity index (χ0) is 22.7. The molecule has 1 aliphatic heterocycles. The van der Waals surface area contributed by atoms with Crippen LogP contribution in [-0.4, -0.2) is 58.9 Å². The van der Waals surface area contributed by atoms with Crippen LogP contribution in [0.25, 0.3) is 5.65 Å². The van der Waals surface area contributed by atoms with Gasteiger partial charge in [0.1, 0.15) is 5.82 Å². The minimum Gasteiger partial charge on any atom is -0.462 e. The number of sulfonamides is 1. The normalized spacial score (nSPS) is 15.5. The van der Waals surface area contributed by atoms with Crippen LogP contribution < -0.4 is 5.32 Å². The fourth-order valence-electron chi connectivity index (χ4n) is 3.64. The van der Waals surface area contributed by atoms with E-state index in [1.54, 1.807) is 31.5 Å². The van der Waals surface area contributed by atoms with Crippen LogP contribution in [0.2, 0.25) is 0 Å². The van der Waals surface area contributed by atoms with E-state index < -0.39 is 16.0 Å². The summed E-state index contributed by atoms with van der Waals surface area (Å²) < 4.78 is 33.8. The van der Waals surface area contributed by atoms with Gasteiger partial charge in [-0.2, -0.15) is 13.9 Å². The second-order valence-corrected chi connectivity index (χ2v) is 9.28. The monoisotopic (exact) mass is 457 g/mol. The van der Waals surface area contributed by atoms with Gasteiger partial charge in [-0.1, -0.05) is 0 Å². The summed E-state index contributed by atoms with van der Waals surface area (Å²) in [5, 5.41) is 7.01. The number of nitrogens with one attached hydrogen (secondary N) is 1. The average molecular weight is 458 g/mol. The highest BCUT2D eigenvalue weighted by atomic mass is 32.2. The number of rotatable bonds is 6. The predicted molar refractivity (Wildman–Crippen MR) is 115 cm³/mol. The number of hydrogen-bond donors (Lipinski definition) is 1. The number of esters is 1. The Morgan fingerprint density at radius 2 is 1.81 bits per heavy atom. The molecule has 1 aliphatic rings. The van der Waals surface area contributed by atoms with Gasteiger partial charge in [0.25, 0.3) is 0 Å². The molecular formula is C21H23N5O5S. The average Bonchev–Trinajstić information content (AvgIpc) is 3.29. The Balaban J connectivity index is 1.38. The number of benzene rings is 1. The molecule has 32 heavy (non-hydrogen) atoms. The standard InChI is InChI=1S/C21H23N5O5S/c1-2-31-21(28)16-3-5-17(6-4-16)32(29,30)25-13-9-15(10-14-25)20(27)24-19-7-11-22-18-8-12-23-26(18)19/h3-8,11-12,15H,2,9-10,13-14H2,1H3,(H,24,27). The molecule has 0 unspecified atom stereocenters. The molecule has 11 heteroatoms. The molecule has 3 heterocycles. The first-order chi connectivity index (χ1) is 15.4. The van der Waals surface area contributed by atoms with Gasteiger partial charge < -0.3 is 10.1 Å². The quantitative estimate of drug-likeness (QED) is 0.561. The number of ether oxygens (including phenoxy) is 1. The second-order valence-electron chi connectivity index (χ2n) is 7.34. The number of hydrogen-bond acceptors (Lipinski definition) is 7. The predicted octanol–water partition coefficient (Wildman–Crippen LogP) is 1.95. The minimum atomic E-state index is -3.72. The van der Waals surface area contributed by atoms with E-state index in [1.807, 2.05) is 0 Å². The molecule has 3 aromatic rings. The second kappa shape index (κ2) is 9.05. The van der Waals surface area contributed by atoms with Gasteiger partial charge in [0, 0.05) is 31.3 Å². The van der Waals surface area contributed by atoms with Crippen LogP contribution in [0, 0.1) is 5.92 Å². The third-order valence-electron chi connectivity index (χ3n) is 5.37. The Labute approximate surface area is 185 Å². The molecule has 1 amide bonds. The van der Waals surface area contributed by atoms with Crippen molar-refractivity contribution in [2.75, 3.05) is 25.0 Å². The van der Waals surface area contributed by atoms with Crippen LogP contribution >= 0.6 is 0 Å². The van der Waals surface area contributed by atoms with Crippen molar-refractivity contribution in [1.82, 2.24) is 18.9 Å². The highest BCUT2D eigenvalue weighted by Crippen LogP contribution is 2.25. The molecular weight excluding hydrogens is 434 g/mol. The zero-order valence-corrected chi connectivity index (χ0v) is 18.3. The first-order valence-electron chi connectivity index (χ1n) is 10.3. The van der Waals surface area contributed by atoms with Gasteiger partial charge >= 0.3 is 5.97 Å². The summed E-state index contributed by atoms with van der Waals surface area (Å²) in [7, 11) is -3.72. The Bertz CT molecular complexity index is 1230. The Kier molecular flexibility index (Phi) is 6.19. The summed E-state index contributed by atoms with van der Waals surface area (Å²) in [5.74, 6) is -0.471. The lowest BCUT2D eigenvalue weighted by Gasteiger charge is -2.30. The summed E-state index contributed by atoms with van der Waals surface area (Å²) in [6, 6.07) is 9.08. The van der Waals surface area contributed by atoms with E-state index in [2.05, 4.69) is 15.4 Å². The molecule has 1 N–H and O–H groups in total. The number of aromatic nitrogens is 3. The van der Waals surface area contributed by atoms with Gasteiger partial charge in [0.15, 0.2) is 5.65 Å². The fourth-order valence-corrected chi connectivity index (χ4v) is 5.11. The Morgan fingerprint density at radius 1 is 1.09 bits per heavy atom. The van der Waals surface area contributed by atoms with E-state index in [0.717, 1.165) is 0 Å². The van der Waals surface area contributed by atoms with E-state index >= 15 is 0 Å². The summed E-state index contributed by atoms with van der Waals surface area (Å²) in [6.45, 7) is 2.41. The van der Waals surface area contributed by atoms with Gasteiger partial charge in [0.05, 0.1) is 23.3 Å². The first kappa shape index (κ1) is 21.9. The number of piperidine rings is 1. The maximum absolute atomic E-state index is 13.0. The number of carbonyl (C=O) groups excluding carboxylic acids is 2. The van der Waals surface area contributed by atoms with E-state index in [4.69, 9.17) is 4.74 Å². The highest BCUT2D eigenvalue weighted by molar-refractivity contribution is 7.89. The van der Waals surface area contributed by atoms with Crippen molar-refractivity contribution in [1.29, 1.82) is 0 Å². The highest BCUT2D eigenvalue weighted by Gasteiger charge is 2.32. The largest absolute Gasteiger partial charge is 0.462 e. The molecule has 0 atom stereocenters. The van der Waals surface area contributed by atoms with Crippen molar-refractivity contribution in [3.63, 3.8) is 0 Å². The Hall–Kier alpha value is -3.31. The molecule has 168 valence electrons. The maximum Gasteiger partial charge on any atom is 0.338 e. The van der Waals surface area contributed by atoms with E-state index in [0.29, 0.717) is 29.9 Å². The number of amides is 1. The third-order valence-corrected chi connectivity index (χ3v) is 7.28. The minimum absolute atomic E-state index is 0.103. The molecule has 10 nitrogen and oxygen atoms in total. The van der Waals surface area contributed by atoms with Gasteiger partial charge in [-0.15, -0.1) is 0 Å². The van der Waals surface area contributed by atoms with Crippen LogP contribution in [0.5, 0.6) is 0 Å². The van der Waals surface area contributed by atoms with Crippen molar-refractivity contribution in [3.8, 4) is 0 Å². The van der Waals surface area contributed by atoms with Crippen LogP contribution in [0.3, 0.4) is 0 Å². The lowest BCUT2D eigenvalue weighted by Crippen LogP contribution is -2.41. The van der Waals surface area contributed by atoms with Crippen LogP contribution in [-0.2, 0) is 19.6 Å². The molecule has 0 radical (unpaired) electrons. The number of fused-ring (bicyclic) bond motifs is 1.